The summed E-state index contributed by atoms with van der Waals surface area (Å²) < 4.78 is 13.6. The van der Waals surface area contributed by atoms with E-state index in [0.29, 0.717) is 18.0 Å². The number of halogens is 1. The lowest BCUT2D eigenvalue weighted by atomic mass is 9.86. The summed E-state index contributed by atoms with van der Waals surface area (Å²) in [6.45, 7) is 4.05. The fourth-order valence-electron chi connectivity index (χ4n) is 2.96. The maximum Gasteiger partial charge on any atom is 0.201 e. The Bertz CT molecular complexity index is 947. The predicted molar refractivity (Wildman–Crippen MR) is 87.2 cm³/mol. The van der Waals surface area contributed by atoms with Crippen LogP contribution in [0.3, 0.4) is 0 Å². The van der Waals surface area contributed by atoms with E-state index < -0.39 is 0 Å². The molecule has 0 radical (unpaired) electrons. The summed E-state index contributed by atoms with van der Waals surface area (Å²) in [5.41, 5.74) is 3.66. The van der Waals surface area contributed by atoms with Gasteiger partial charge in [0.1, 0.15) is 17.0 Å². The van der Waals surface area contributed by atoms with Crippen LogP contribution < -0.4 is 0 Å². The SMILES string of the molecule is CC1(C)Cc2cc(F)ccc2C(c2nnc3ccccc3n2)=N1. The van der Waals surface area contributed by atoms with E-state index in [-0.39, 0.29) is 11.4 Å². The van der Waals surface area contributed by atoms with Crippen molar-refractivity contribution in [2.24, 2.45) is 4.99 Å². The first-order valence-corrected chi connectivity index (χ1v) is 7.50. The molecule has 2 aromatic carbocycles. The lowest BCUT2D eigenvalue weighted by molar-refractivity contribution is 0.510. The van der Waals surface area contributed by atoms with Crippen LogP contribution in [0, 0.1) is 5.82 Å². The molecule has 0 spiro atoms. The molecule has 1 aliphatic rings. The third-order valence-corrected chi connectivity index (χ3v) is 3.93. The van der Waals surface area contributed by atoms with Crippen LogP contribution in [-0.4, -0.2) is 26.4 Å². The van der Waals surface area contributed by atoms with Crippen molar-refractivity contribution in [3.05, 3.63) is 65.2 Å². The van der Waals surface area contributed by atoms with Crippen LogP contribution in [0.1, 0.15) is 30.8 Å². The molecule has 1 aliphatic heterocycles. The highest BCUT2D eigenvalue weighted by Crippen LogP contribution is 2.29. The van der Waals surface area contributed by atoms with Gasteiger partial charge in [-0.1, -0.05) is 12.1 Å². The third kappa shape index (κ3) is 2.48. The van der Waals surface area contributed by atoms with Crippen LogP contribution in [0.5, 0.6) is 0 Å². The zero-order valence-electron chi connectivity index (χ0n) is 12.9. The molecule has 0 amide bonds. The number of nitrogens with zero attached hydrogens (tertiary/aromatic N) is 4. The smallest absolute Gasteiger partial charge is 0.201 e. The highest BCUT2D eigenvalue weighted by Gasteiger charge is 2.29. The number of hydrogen-bond donors (Lipinski definition) is 0. The molecule has 3 aromatic rings. The van der Waals surface area contributed by atoms with Crippen molar-refractivity contribution < 1.29 is 4.39 Å². The molecule has 0 saturated carbocycles. The molecule has 1 aromatic heterocycles. The highest BCUT2D eigenvalue weighted by molar-refractivity contribution is 6.12. The van der Waals surface area contributed by atoms with Gasteiger partial charge in [0.25, 0.3) is 0 Å². The normalized spacial score (nSPS) is 16.0. The molecule has 0 bridgehead atoms. The Hall–Kier alpha value is -2.69. The van der Waals surface area contributed by atoms with E-state index in [1.807, 2.05) is 38.1 Å². The van der Waals surface area contributed by atoms with Crippen LogP contribution in [0.4, 0.5) is 4.39 Å². The van der Waals surface area contributed by atoms with Gasteiger partial charge in [0, 0.05) is 5.56 Å². The Kier molecular flexibility index (Phi) is 2.98. The molecule has 0 atom stereocenters. The van der Waals surface area contributed by atoms with Crippen LogP contribution in [-0.2, 0) is 6.42 Å². The summed E-state index contributed by atoms with van der Waals surface area (Å²) in [5, 5.41) is 8.46. The van der Waals surface area contributed by atoms with E-state index in [9.17, 15) is 4.39 Å². The number of aromatic nitrogens is 3. The number of fused-ring (bicyclic) bond motifs is 2. The second-order valence-corrected chi connectivity index (χ2v) is 6.38. The number of benzene rings is 2. The summed E-state index contributed by atoms with van der Waals surface area (Å²) in [6, 6.07) is 12.3. The number of rotatable bonds is 1. The lowest BCUT2D eigenvalue weighted by Crippen LogP contribution is -2.30. The van der Waals surface area contributed by atoms with E-state index >= 15 is 0 Å². The number of para-hydroxylation sites is 1. The highest BCUT2D eigenvalue weighted by atomic mass is 19.1. The van der Waals surface area contributed by atoms with Crippen LogP contribution in [0.25, 0.3) is 11.0 Å². The third-order valence-electron chi connectivity index (χ3n) is 3.93. The molecule has 0 saturated heterocycles. The topological polar surface area (TPSA) is 51.0 Å². The van der Waals surface area contributed by atoms with Crippen molar-refractivity contribution >= 4 is 16.7 Å². The van der Waals surface area contributed by atoms with Crippen molar-refractivity contribution in [1.82, 2.24) is 15.2 Å². The monoisotopic (exact) mass is 306 g/mol. The molecule has 0 N–H and O–H groups in total. The molecule has 2 heterocycles. The largest absolute Gasteiger partial charge is 0.274 e. The molecule has 0 aliphatic carbocycles. The molecule has 4 nitrogen and oxygen atoms in total. The van der Waals surface area contributed by atoms with E-state index in [2.05, 4.69) is 15.2 Å². The quantitative estimate of drug-likeness (QED) is 0.693. The second-order valence-electron chi connectivity index (χ2n) is 6.38. The predicted octanol–water partition coefficient (Wildman–Crippen LogP) is 3.34. The molecular weight excluding hydrogens is 291 g/mol. The van der Waals surface area contributed by atoms with Crippen molar-refractivity contribution in [3.63, 3.8) is 0 Å². The summed E-state index contributed by atoms with van der Waals surface area (Å²) in [6.07, 6.45) is 0.685. The molecule has 0 fully saturated rings. The number of aliphatic imine (C=N–C) groups is 1. The minimum Gasteiger partial charge on any atom is -0.274 e. The maximum atomic E-state index is 13.6. The van der Waals surface area contributed by atoms with Gasteiger partial charge in [0.15, 0.2) is 0 Å². The molecule has 114 valence electrons. The molecule has 0 unspecified atom stereocenters. The molecule has 5 heteroatoms. The van der Waals surface area contributed by atoms with Gasteiger partial charge in [-0.05, 0) is 56.2 Å². The Morgan fingerprint density at radius 2 is 1.78 bits per heavy atom. The minimum absolute atomic E-state index is 0.238. The minimum atomic E-state index is -0.328. The van der Waals surface area contributed by atoms with E-state index in [4.69, 9.17) is 4.99 Å². The van der Waals surface area contributed by atoms with Gasteiger partial charge >= 0.3 is 0 Å². The van der Waals surface area contributed by atoms with E-state index in [1.165, 1.54) is 6.07 Å². The Morgan fingerprint density at radius 1 is 1.00 bits per heavy atom. The lowest BCUT2D eigenvalue weighted by Gasteiger charge is -2.28. The first-order valence-electron chi connectivity index (χ1n) is 7.50. The summed E-state index contributed by atoms with van der Waals surface area (Å²) in [5.74, 6) is 0.239. The van der Waals surface area contributed by atoms with Crippen molar-refractivity contribution in [2.45, 2.75) is 25.8 Å². The average Bonchev–Trinajstić information content (AvgIpc) is 2.52. The first-order chi connectivity index (χ1) is 11.0. The van der Waals surface area contributed by atoms with Gasteiger partial charge < -0.3 is 0 Å². The fraction of sp³-hybridized carbons (Fsp3) is 0.222. The van der Waals surface area contributed by atoms with E-state index in [1.54, 1.807) is 12.1 Å². The zero-order chi connectivity index (χ0) is 16.0. The number of hydrogen-bond acceptors (Lipinski definition) is 4. The summed E-state index contributed by atoms with van der Waals surface area (Å²) in [4.78, 5) is 9.38. The van der Waals surface area contributed by atoms with Crippen molar-refractivity contribution in [3.8, 4) is 0 Å². The molecular formula is C18H15FN4. The van der Waals surface area contributed by atoms with Gasteiger partial charge in [-0.2, -0.15) is 0 Å². The Labute approximate surface area is 133 Å². The fourth-order valence-corrected chi connectivity index (χ4v) is 2.96. The second kappa shape index (κ2) is 4.91. The average molecular weight is 306 g/mol. The Balaban J connectivity index is 1.93. The van der Waals surface area contributed by atoms with Gasteiger partial charge in [0.05, 0.1) is 11.1 Å². The Morgan fingerprint density at radius 3 is 2.61 bits per heavy atom. The summed E-state index contributed by atoms with van der Waals surface area (Å²) in [7, 11) is 0. The standard InChI is InChI=1S/C18H15FN4/c1-18(2)10-11-9-12(19)7-8-13(11)16(21-18)17-20-14-5-3-4-6-15(14)22-23-17/h3-9H,10H2,1-2H3. The van der Waals surface area contributed by atoms with Crippen LogP contribution >= 0.6 is 0 Å². The van der Waals surface area contributed by atoms with Gasteiger partial charge in [-0.15, -0.1) is 10.2 Å². The van der Waals surface area contributed by atoms with Crippen LogP contribution in [0.15, 0.2) is 47.5 Å². The van der Waals surface area contributed by atoms with Crippen LogP contribution in [0.2, 0.25) is 0 Å². The van der Waals surface area contributed by atoms with Gasteiger partial charge in [0.2, 0.25) is 5.82 Å². The summed E-state index contributed by atoms with van der Waals surface area (Å²) >= 11 is 0. The van der Waals surface area contributed by atoms with E-state index in [0.717, 1.165) is 22.2 Å². The van der Waals surface area contributed by atoms with Crippen molar-refractivity contribution in [2.75, 3.05) is 0 Å². The zero-order valence-corrected chi connectivity index (χ0v) is 12.9. The maximum absolute atomic E-state index is 13.6. The molecule has 23 heavy (non-hydrogen) atoms. The van der Waals surface area contributed by atoms with Gasteiger partial charge in [-0.3, -0.25) is 4.99 Å². The first kappa shape index (κ1) is 13.9. The van der Waals surface area contributed by atoms with Crippen molar-refractivity contribution in [1.29, 1.82) is 0 Å². The van der Waals surface area contributed by atoms with Gasteiger partial charge in [-0.25, -0.2) is 9.37 Å². The molecule has 4 rings (SSSR count).